The molecule has 1 N–H and O–H groups in total. The summed E-state index contributed by atoms with van der Waals surface area (Å²) in [6.45, 7) is 2.91. The van der Waals surface area contributed by atoms with Gasteiger partial charge in [0.25, 0.3) is 0 Å². The number of thiophene rings is 1. The second-order valence-corrected chi connectivity index (χ2v) is 4.55. The van der Waals surface area contributed by atoms with Gasteiger partial charge in [0.2, 0.25) is 0 Å². The van der Waals surface area contributed by atoms with Crippen molar-refractivity contribution in [1.29, 1.82) is 0 Å². The standard InChI is InChI=1S/C11H16O2S/c1-2-10-9(3-5-13-10)11(12)8-4-6-14-7-8/h4,6-7,9-12H,2-3,5H2,1H3. The van der Waals surface area contributed by atoms with Crippen molar-refractivity contribution in [2.24, 2.45) is 5.92 Å². The molecule has 1 aromatic heterocycles. The highest BCUT2D eigenvalue weighted by Gasteiger charge is 2.33. The van der Waals surface area contributed by atoms with Crippen LogP contribution in [-0.4, -0.2) is 17.8 Å². The molecule has 1 aromatic rings. The molecule has 0 radical (unpaired) electrons. The van der Waals surface area contributed by atoms with Gasteiger partial charge in [-0.3, -0.25) is 0 Å². The maximum atomic E-state index is 10.1. The Hall–Kier alpha value is -0.380. The van der Waals surface area contributed by atoms with Crippen LogP contribution in [0.2, 0.25) is 0 Å². The highest BCUT2D eigenvalue weighted by Crippen LogP contribution is 2.35. The summed E-state index contributed by atoms with van der Waals surface area (Å²) in [7, 11) is 0. The molecule has 3 atom stereocenters. The Morgan fingerprint density at radius 1 is 1.71 bits per heavy atom. The van der Waals surface area contributed by atoms with Crippen LogP contribution in [0.15, 0.2) is 16.8 Å². The summed E-state index contributed by atoms with van der Waals surface area (Å²) >= 11 is 1.63. The average molecular weight is 212 g/mol. The molecule has 1 aliphatic rings. The molecule has 2 rings (SSSR count). The van der Waals surface area contributed by atoms with Crippen molar-refractivity contribution in [2.75, 3.05) is 6.61 Å². The highest BCUT2D eigenvalue weighted by atomic mass is 32.1. The SMILES string of the molecule is CCC1OCCC1C(O)c1ccsc1. The second kappa shape index (κ2) is 4.43. The van der Waals surface area contributed by atoms with E-state index in [9.17, 15) is 5.11 Å². The third kappa shape index (κ3) is 1.85. The fraction of sp³-hybridized carbons (Fsp3) is 0.636. The molecule has 1 fully saturated rings. The number of ether oxygens (including phenoxy) is 1. The lowest BCUT2D eigenvalue weighted by molar-refractivity contribution is 0.0309. The first kappa shape index (κ1) is 10.1. The van der Waals surface area contributed by atoms with Gasteiger partial charge in [0.05, 0.1) is 12.2 Å². The molecular formula is C11H16O2S. The maximum Gasteiger partial charge on any atom is 0.0851 e. The number of hydrogen-bond acceptors (Lipinski definition) is 3. The fourth-order valence-corrected chi connectivity index (χ4v) is 2.83. The molecule has 0 bridgehead atoms. The third-order valence-electron chi connectivity index (χ3n) is 2.95. The van der Waals surface area contributed by atoms with Crippen LogP contribution in [0.5, 0.6) is 0 Å². The second-order valence-electron chi connectivity index (χ2n) is 3.77. The summed E-state index contributed by atoms with van der Waals surface area (Å²) in [6.07, 6.45) is 1.88. The topological polar surface area (TPSA) is 29.5 Å². The van der Waals surface area contributed by atoms with Crippen LogP contribution < -0.4 is 0 Å². The van der Waals surface area contributed by atoms with Crippen molar-refractivity contribution in [3.63, 3.8) is 0 Å². The minimum absolute atomic E-state index is 0.241. The van der Waals surface area contributed by atoms with E-state index in [1.54, 1.807) is 11.3 Å². The number of rotatable bonds is 3. The molecule has 1 aliphatic heterocycles. The summed E-state index contributed by atoms with van der Waals surface area (Å²) in [5.41, 5.74) is 1.05. The largest absolute Gasteiger partial charge is 0.388 e. The molecule has 0 amide bonds. The van der Waals surface area contributed by atoms with Crippen LogP contribution in [0.1, 0.15) is 31.4 Å². The first-order valence-corrected chi connectivity index (χ1v) is 6.09. The van der Waals surface area contributed by atoms with Crippen molar-refractivity contribution >= 4 is 11.3 Å². The van der Waals surface area contributed by atoms with Gasteiger partial charge in [-0.2, -0.15) is 11.3 Å². The van der Waals surface area contributed by atoms with Crippen LogP contribution in [0.4, 0.5) is 0 Å². The summed E-state index contributed by atoms with van der Waals surface area (Å²) < 4.78 is 5.58. The van der Waals surface area contributed by atoms with Crippen LogP contribution >= 0.6 is 11.3 Å². The first-order valence-electron chi connectivity index (χ1n) is 5.14. The molecular weight excluding hydrogens is 196 g/mol. The zero-order chi connectivity index (χ0) is 9.97. The number of aliphatic hydroxyl groups is 1. The lowest BCUT2D eigenvalue weighted by Gasteiger charge is -2.21. The van der Waals surface area contributed by atoms with E-state index < -0.39 is 0 Å². The zero-order valence-electron chi connectivity index (χ0n) is 8.35. The molecule has 0 saturated carbocycles. The van der Waals surface area contributed by atoms with E-state index in [-0.39, 0.29) is 18.1 Å². The predicted molar refractivity (Wildman–Crippen MR) is 57.4 cm³/mol. The molecule has 1 saturated heterocycles. The molecule has 3 unspecified atom stereocenters. The van der Waals surface area contributed by atoms with Gasteiger partial charge in [-0.15, -0.1) is 0 Å². The van der Waals surface area contributed by atoms with Gasteiger partial charge in [-0.25, -0.2) is 0 Å². The Bertz CT molecular complexity index is 271. The smallest absolute Gasteiger partial charge is 0.0851 e. The molecule has 78 valence electrons. The Labute approximate surface area is 88.5 Å². The van der Waals surface area contributed by atoms with E-state index in [0.29, 0.717) is 0 Å². The molecule has 0 spiro atoms. The first-order chi connectivity index (χ1) is 6.83. The van der Waals surface area contributed by atoms with Gasteiger partial charge in [-0.05, 0) is 35.2 Å². The van der Waals surface area contributed by atoms with Gasteiger partial charge in [0.15, 0.2) is 0 Å². The van der Waals surface area contributed by atoms with Gasteiger partial charge < -0.3 is 9.84 Å². The summed E-state index contributed by atoms with van der Waals surface area (Å²) in [4.78, 5) is 0. The van der Waals surface area contributed by atoms with Gasteiger partial charge in [0, 0.05) is 12.5 Å². The fourth-order valence-electron chi connectivity index (χ4n) is 2.14. The van der Waals surface area contributed by atoms with E-state index in [1.165, 1.54) is 0 Å². The van der Waals surface area contributed by atoms with Crippen LogP contribution in [-0.2, 0) is 4.74 Å². The molecule has 2 nitrogen and oxygen atoms in total. The van der Waals surface area contributed by atoms with E-state index in [1.807, 2.05) is 16.8 Å². The Balaban J connectivity index is 2.07. The lowest BCUT2D eigenvalue weighted by Crippen LogP contribution is -2.21. The summed E-state index contributed by atoms with van der Waals surface area (Å²) in [5, 5.41) is 14.2. The summed E-state index contributed by atoms with van der Waals surface area (Å²) in [5.74, 6) is 0.287. The van der Waals surface area contributed by atoms with Crippen molar-refractivity contribution in [2.45, 2.75) is 32.0 Å². The predicted octanol–water partition coefficient (Wildman–Crippen LogP) is 2.60. The minimum Gasteiger partial charge on any atom is -0.388 e. The minimum atomic E-state index is -0.339. The maximum absolute atomic E-state index is 10.1. The Morgan fingerprint density at radius 3 is 3.21 bits per heavy atom. The third-order valence-corrected chi connectivity index (χ3v) is 3.65. The van der Waals surface area contributed by atoms with Crippen LogP contribution in [0.25, 0.3) is 0 Å². The van der Waals surface area contributed by atoms with Crippen LogP contribution in [0.3, 0.4) is 0 Å². The zero-order valence-corrected chi connectivity index (χ0v) is 9.17. The summed E-state index contributed by atoms with van der Waals surface area (Å²) in [6, 6.07) is 2.00. The van der Waals surface area contributed by atoms with E-state index >= 15 is 0 Å². The molecule has 14 heavy (non-hydrogen) atoms. The van der Waals surface area contributed by atoms with Gasteiger partial charge >= 0.3 is 0 Å². The highest BCUT2D eigenvalue weighted by molar-refractivity contribution is 7.07. The van der Waals surface area contributed by atoms with E-state index in [4.69, 9.17) is 4.74 Å². The van der Waals surface area contributed by atoms with Crippen molar-refractivity contribution < 1.29 is 9.84 Å². The van der Waals surface area contributed by atoms with Crippen molar-refractivity contribution in [3.05, 3.63) is 22.4 Å². The Kier molecular flexibility index (Phi) is 3.21. The molecule has 0 aromatic carbocycles. The van der Waals surface area contributed by atoms with E-state index in [2.05, 4.69) is 6.92 Å². The Morgan fingerprint density at radius 2 is 2.57 bits per heavy atom. The van der Waals surface area contributed by atoms with Crippen LogP contribution in [0, 0.1) is 5.92 Å². The number of aliphatic hydroxyl groups excluding tert-OH is 1. The average Bonchev–Trinajstić information content (AvgIpc) is 2.87. The number of hydrogen-bond donors (Lipinski definition) is 1. The quantitative estimate of drug-likeness (QED) is 0.834. The molecule has 0 aliphatic carbocycles. The molecule has 3 heteroatoms. The van der Waals surface area contributed by atoms with Crippen molar-refractivity contribution in [1.82, 2.24) is 0 Å². The normalized spacial score (nSPS) is 29.3. The van der Waals surface area contributed by atoms with E-state index in [0.717, 1.165) is 25.0 Å². The molecule has 2 heterocycles. The van der Waals surface area contributed by atoms with Gasteiger partial charge in [-0.1, -0.05) is 6.92 Å². The lowest BCUT2D eigenvalue weighted by atomic mass is 9.90. The monoisotopic (exact) mass is 212 g/mol. The van der Waals surface area contributed by atoms with Gasteiger partial charge in [0.1, 0.15) is 0 Å². The van der Waals surface area contributed by atoms with Crippen molar-refractivity contribution in [3.8, 4) is 0 Å².